The van der Waals surface area contributed by atoms with Crippen LogP contribution in [0.15, 0.2) is 48.5 Å². The lowest BCUT2D eigenvalue weighted by molar-refractivity contribution is 0.100. The SMILES string of the molecule is CN(CCc1ccccc1)c1cc(C(N)=O)ccc1N. The van der Waals surface area contributed by atoms with Crippen LogP contribution in [-0.2, 0) is 6.42 Å². The molecule has 0 spiro atoms. The van der Waals surface area contributed by atoms with Gasteiger partial charge in [-0.2, -0.15) is 0 Å². The first-order chi connectivity index (χ1) is 9.58. The number of benzene rings is 2. The third-order valence-electron chi connectivity index (χ3n) is 3.30. The van der Waals surface area contributed by atoms with Crippen molar-refractivity contribution >= 4 is 17.3 Å². The molecule has 0 fully saturated rings. The molecule has 4 nitrogen and oxygen atoms in total. The Labute approximate surface area is 119 Å². The minimum absolute atomic E-state index is 0.442. The van der Waals surface area contributed by atoms with Gasteiger partial charge in [0.25, 0.3) is 0 Å². The number of likely N-dealkylation sites (N-methyl/N-ethyl adjacent to an activating group) is 1. The molecular weight excluding hydrogens is 250 g/mol. The third kappa shape index (κ3) is 3.29. The number of anilines is 2. The number of nitrogens with zero attached hydrogens (tertiary/aromatic N) is 1. The van der Waals surface area contributed by atoms with Crippen molar-refractivity contribution in [3.63, 3.8) is 0 Å². The summed E-state index contributed by atoms with van der Waals surface area (Å²) in [6, 6.07) is 15.3. The lowest BCUT2D eigenvalue weighted by atomic mass is 10.1. The summed E-state index contributed by atoms with van der Waals surface area (Å²) >= 11 is 0. The van der Waals surface area contributed by atoms with Gasteiger partial charge in [-0.05, 0) is 30.2 Å². The monoisotopic (exact) mass is 269 g/mol. The van der Waals surface area contributed by atoms with Crippen LogP contribution in [0.3, 0.4) is 0 Å². The number of amides is 1. The van der Waals surface area contributed by atoms with Crippen LogP contribution >= 0.6 is 0 Å². The molecular formula is C16H19N3O. The summed E-state index contributed by atoms with van der Waals surface area (Å²) in [7, 11) is 1.96. The predicted molar refractivity (Wildman–Crippen MR) is 82.8 cm³/mol. The van der Waals surface area contributed by atoms with E-state index in [-0.39, 0.29) is 0 Å². The van der Waals surface area contributed by atoms with Gasteiger partial charge in [-0.3, -0.25) is 4.79 Å². The van der Waals surface area contributed by atoms with Gasteiger partial charge in [-0.15, -0.1) is 0 Å². The van der Waals surface area contributed by atoms with E-state index in [1.165, 1.54) is 5.56 Å². The first-order valence-corrected chi connectivity index (χ1v) is 6.52. The molecule has 0 bridgehead atoms. The molecule has 0 aliphatic rings. The summed E-state index contributed by atoms with van der Waals surface area (Å²) in [5.41, 5.74) is 14.5. The van der Waals surface area contributed by atoms with E-state index in [0.717, 1.165) is 18.7 Å². The van der Waals surface area contributed by atoms with Crippen LogP contribution in [0.4, 0.5) is 11.4 Å². The normalized spacial score (nSPS) is 10.2. The zero-order valence-corrected chi connectivity index (χ0v) is 11.5. The Morgan fingerprint density at radius 3 is 2.50 bits per heavy atom. The number of nitrogen functional groups attached to an aromatic ring is 1. The highest BCUT2D eigenvalue weighted by molar-refractivity contribution is 5.95. The fourth-order valence-corrected chi connectivity index (χ4v) is 2.09. The van der Waals surface area contributed by atoms with Crippen molar-refractivity contribution in [2.24, 2.45) is 5.73 Å². The molecule has 2 rings (SSSR count). The van der Waals surface area contributed by atoms with E-state index in [1.54, 1.807) is 18.2 Å². The van der Waals surface area contributed by atoms with E-state index in [1.807, 2.05) is 30.1 Å². The van der Waals surface area contributed by atoms with Gasteiger partial charge in [0.15, 0.2) is 0 Å². The Morgan fingerprint density at radius 1 is 1.15 bits per heavy atom. The zero-order valence-electron chi connectivity index (χ0n) is 11.5. The number of carbonyl (C=O) groups excluding carboxylic acids is 1. The molecule has 0 unspecified atom stereocenters. The Hall–Kier alpha value is -2.49. The van der Waals surface area contributed by atoms with Crippen LogP contribution in [0.5, 0.6) is 0 Å². The van der Waals surface area contributed by atoms with Crippen LogP contribution in [0.25, 0.3) is 0 Å². The minimum atomic E-state index is -0.442. The Morgan fingerprint density at radius 2 is 1.85 bits per heavy atom. The molecule has 0 radical (unpaired) electrons. The molecule has 2 aromatic rings. The maximum Gasteiger partial charge on any atom is 0.248 e. The molecule has 104 valence electrons. The van der Waals surface area contributed by atoms with Gasteiger partial charge in [0.1, 0.15) is 0 Å². The smallest absolute Gasteiger partial charge is 0.248 e. The van der Waals surface area contributed by atoms with E-state index >= 15 is 0 Å². The topological polar surface area (TPSA) is 72.3 Å². The second-order valence-corrected chi connectivity index (χ2v) is 4.79. The molecule has 20 heavy (non-hydrogen) atoms. The van der Waals surface area contributed by atoms with Crippen LogP contribution in [0.2, 0.25) is 0 Å². The van der Waals surface area contributed by atoms with Crippen molar-refractivity contribution in [3.05, 3.63) is 59.7 Å². The van der Waals surface area contributed by atoms with Crippen LogP contribution in [0.1, 0.15) is 15.9 Å². The van der Waals surface area contributed by atoms with Crippen molar-refractivity contribution in [3.8, 4) is 0 Å². The Balaban J connectivity index is 2.10. The Kier molecular flexibility index (Phi) is 4.25. The lowest BCUT2D eigenvalue weighted by Gasteiger charge is -2.21. The van der Waals surface area contributed by atoms with E-state index in [4.69, 9.17) is 11.5 Å². The average molecular weight is 269 g/mol. The quantitative estimate of drug-likeness (QED) is 0.816. The molecule has 0 saturated heterocycles. The highest BCUT2D eigenvalue weighted by Crippen LogP contribution is 2.23. The lowest BCUT2D eigenvalue weighted by Crippen LogP contribution is -2.22. The average Bonchev–Trinajstić information content (AvgIpc) is 2.46. The Bertz CT molecular complexity index is 596. The van der Waals surface area contributed by atoms with Gasteiger partial charge in [-0.1, -0.05) is 30.3 Å². The number of primary amides is 1. The largest absolute Gasteiger partial charge is 0.397 e. The summed E-state index contributed by atoms with van der Waals surface area (Å²) in [6.45, 7) is 0.816. The van der Waals surface area contributed by atoms with Crippen molar-refractivity contribution in [2.45, 2.75) is 6.42 Å². The predicted octanol–water partition coefficient (Wildman–Crippen LogP) is 2.05. The molecule has 0 aromatic heterocycles. The highest BCUT2D eigenvalue weighted by atomic mass is 16.1. The van der Waals surface area contributed by atoms with Crippen LogP contribution < -0.4 is 16.4 Å². The second-order valence-electron chi connectivity index (χ2n) is 4.79. The fourth-order valence-electron chi connectivity index (χ4n) is 2.09. The van der Waals surface area contributed by atoms with Gasteiger partial charge in [0.05, 0.1) is 11.4 Å². The van der Waals surface area contributed by atoms with Crippen molar-refractivity contribution < 1.29 is 4.79 Å². The van der Waals surface area contributed by atoms with Gasteiger partial charge in [-0.25, -0.2) is 0 Å². The summed E-state index contributed by atoms with van der Waals surface area (Å²) in [4.78, 5) is 13.3. The summed E-state index contributed by atoms with van der Waals surface area (Å²) in [6.07, 6.45) is 0.914. The minimum Gasteiger partial charge on any atom is -0.397 e. The van der Waals surface area contributed by atoms with E-state index < -0.39 is 5.91 Å². The van der Waals surface area contributed by atoms with Crippen LogP contribution in [-0.4, -0.2) is 19.5 Å². The standard InChI is InChI=1S/C16H19N3O/c1-19(10-9-12-5-3-2-4-6-12)15-11-13(16(18)20)7-8-14(15)17/h2-8,11H,9-10,17H2,1H3,(H2,18,20). The first kappa shape index (κ1) is 13.9. The summed E-state index contributed by atoms with van der Waals surface area (Å²) in [5.74, 6) is -0.442. The molecule has 0 saturated carbocycles. The fraction of sp³-hybridized carbons (Fsp3) is 0.188. The third-order valence-corrected chi connectivity index (χ3v) is 3.30. The van der Waals surface area contributed by atoms with Gasteiger partial charge in [0, 0.05) is 19.2 Å². The van der Waals surface area contributed by atoms with Crippen molar-refractivity contribution in [2.75, 3.05) is 24.2 Å². The molecule has 0 aliphatic heterocycles. The maximum absolute atomic E-state index is 11.2. The zero-order chi connectivity index (χ0) is 14.5. The second kappa shape index (κ2) is 6.10. The van der Waals surface area contributed by atoms with Crippen molar-refractivity contribution in [1.82, 2.24) is 0 Å². The van der Waals surface area contributed by atoms with Gasteiger partial charge < -0.3 is 16.4 Å². The summed E-state index contributed by atoms with van der Waals surface area (Å²) < 4.78 is 0. The molecule has 0 aliphatic carbocycles. The summed E-state index contributed by atoms with van der Waals surface area (Å²) in [5, 5.41) is 0. The number of hydrogen-bond acceptors (Lipinski definition) is 3. The van der Waals surface area contributed by atoms with Crippen LogP contribution in [0, 0.1) is 0 Å². The van der Waals surface area contributed by atoms with E-state index in [2.05, 4.69) is 12.1 Å². The van der Waals surface area contributed by atoms with E-state index in [0.29, 0.717) is 11.3 Å². The first-order valence-electron chi connectivity index (χ1n) is 6.52. The van der Waals surface area contributed by atoms with Gasteiger partial charge >= 0.3 is 0 Å². The molecule has 4 N–H and O–H groups in total. The van der Waals surface area contributed by atoms with Crippen molar-refractivity contribution in [1.29, 1.82) is 0 Å². The maximum atomic E-state index is 11.2. The molecule has 4 heteroatoms. The molecule has 2 aromatic carbocycles. The molecule has 0 heterocycles. The molecule has 0 atom stereocenters. The number of carbonyl (C=O) groups is 1. The van der Waals surface area contributed by atoms with E-state index in [9.17, 15) is 4.79 Å². The highest BCUT2D eigenvalue weighted by Gasteiger charge is 2.09. The number of rotatable bonds is 5. The number of nitrogens with two attached hydrogens (primary N) is 2. The number of hydrogen-bond donors (Lipinski definition) is 2. The molecule has 1 amide bonds. The van der Waals surface area contributed by atoms with Gasteiger partial charge in [0.2, 0.25) is 5.91 Å².